The first-order chi connectivity index (χ1) is 15.8. The summed E-state index contributed by atoms with van der Waals surface area (Å²) in [6.07, 6.45) is 40.8. The summed E-state index contributed by atoms with van der Waals surface area (Å²) < 4.78 is 0. The highest BCUT2D eigenvalue weighted by Crippen LogP contribution is 2.13. The van der Waals surface area contributed by atoms with E-state index in [0.29, 0.717) is 0 Å². The van der Waals surface area contributed by atoms with Crippen LogP contribution in [0, 0.1) is 0 Å². The Morgan fingerprint density at radius 2 is 0.273 bits per heavy atom. The van der Waals surface area contributed by atoms with E-state index in [0.717, 1.165) is 0 Å². The van der Waals surface area contributed by atoms with E-state index in [9.17, 15) is 0 Å². The molecule has 0 aromatic rings. The summed E-state index contributed by atoms with van der Waals surface area (Å²) in [7, 11) is 0. The third kappa shape index (κ3) is 42.6. The second-order valence-corrected chi connectivity index (χ2v) is 10.5. The highest BCUT2D eigenvalue weighted by Gasteiger charge is 1.94. The molecule has 0 aromatic carbocycles. The van der Waals surface area contributed by atoms with Gasteiger partial charge in [0.25, 0.3) is 0 Å². The lowest BCUT2D eigenvalue weighted by Crippen LogP contribution is -1.82. The van der Waals surface area contributed by atoms with Crippen LogP contribution in [0.15, 0.2) is 0 Å². The van der Waals surface area contributed by atoms with Crippen LogP contribution in [0.5, 0.6) is 0 Å². The van der Waals surface area contributed by atoms with Crippen molar-refractivity contribution >= 4 is 0 Å². The highest BCUT2D eigenvalue weighted by molar-refractivity contribution is 4.49. The van der Waals surface area contributed by atoms with Crippen molar-refractivity contribution in [1.82, 2.24) is 0 Å². The summed E-state index contributed by atoms with van der Waals surface area (Å²) in [5.41, 5.74) is 0. The van der Waals surface area contributed by atoms with Gasteiger partial charge >= 0.3 is 0 Å². The van der Waals surface area contributed by atoms with Gasteiger partial charge in [0, 0.05) is 0 Å². The Hall–Kier alpha value is -0.0400. The lowest BCUT2D eigenvalue weighted by molar-refractivity contribution is 0.538. The summed E-state index contributed by atoms with van der Waals surface area (Å²) in [5.74, 6) is 0. The van der Waals surface area contributed by atoms with Crippen LogP contribution >= 0.6 is 0 Å². The molecule has 1 nitrogen and oxygen atoms in total. The third-order valence-electron chi connectivity index (χ3n) is 6.91. The average Bonchev–Trinajstić information content (AvgIpc) is 2.81. The van der Waals surface area contributed by atoms with Crippen LogP contribution < -0.4 is 0 Å². The molecule has 33 heavy (non-hydrogen) atoms. The summed E-state index contributed by atoms with van der Waals surface area (Å²) in [4.78, 5) is 0. The molecule has 0 spiro atoms. The predicted octanol–water partition coefficient (Wildman–Crippen LogP) is 12.2. The van der Waals surface area contributed by atoms with Crippen LogP contribution in [0.2, 0.25) is 0 Å². The molecule has 2 N–H and O–H groups in total. The first-order valence-corrected chi connectivity index (χ1v) is 15.8. The summed E-state index contributed by atoms with van der Waals surface area (Å²) in [6.45, 7) is 9.16. The standard InChI is InChI=1S/2C16H34.H2O/c2*1-3-5-7-9-11-13-15-16-14-12-10-8-6-4-2;/h2*3-16H2,1-2H3;1H2. The van der Waals surface area contributed by atoms with Crippen molar-refractivity contribution in [2.24, 2.45) is 0 Å². The molecule has 0 amide bonds. The molecule has 0 atom stereocenters. The fourth-order valence-corrected chi connectivity index (χ4v) is 4.54. The van der Waals surface area contributed by atoms with Gasteiger partial charge in [-0.05, 0) is 0 Å². The maximum atomic E-state index is 2.29. The molecule has 0 bridgehead atoms. The summed E-state index contributed by atoms with van der Waals surface area (Å²) >= 11 is 0. The van der Waals surface area contributed by atoms with Gasteiger partial charge in [-0.1, -0.05) is 207 Å². The molecular weight excluding hydrogens is 400 g/mol. The molecule has 0 aliphatic rings. The molecule has 0 aliphatic carbocycles. The fraction of sp³-hybridized carbons (Fsp3) is 1.00. The van der Waals surface area contributed by atoms with E-state index in [1.54, 1.807) is 0 Å². The molecular formula is C32H70O. The van der Waals surface area contributed by atoms with E-state index in [1.807, 2.05) is 0 Å². The monoisotopic (exact) mass is 471 g/mol. The molecule has 0 unspecified atom stereocenters. The lowest BCUT2D eigenvalue weighted by Gasteiger charge is -2.02. The van der Waals surface area contributed by atoms with Crippen molar-refractivity contribution in [2.75, 3.05) is 0 Å². The van der Waals surface area contributed by atoms with Crippen LogP contribution in [0.1, 0.15) is 207 Å². The lowest BCUT2D eigenvalue weighted by atomic mass is 10.0. The summed E-state index contributed by atoms with van der Waals surface area (Å²) in [5, 5.41) is 0. The van der Waals surface area contributed by atoms with Gasteiger partial charge in [-0.15, -0.1) is 0 Å². The Kier molecular flexibility index (Phi) is 44.5. The SMILES string of the molecule is CCCCCCCCCCCCCCCC.CCCCCCCCCCCCCCCC.O. The quantitative estimate of drug-likeness (QED) is 0.113. The van der Waals surface area contributed by atoms with Crippen LogP contribution in [0.4, 0.5) is 0 Å². The fourth-order valence-electron chi connectivity index (χ4n) is 4.54. The van der Waals surface area contributed by atoms with Crippen molar-refractivity contribution in [3.63, 3.8) is 0 Å². The normalized spacial score (nSPS) is 10.5. The number of hydrogen-bond acceptors (Lipinski definition) is 0. The van der Waals surface area contributed by atoms with Crippen LogP contribution in [-0.2, 0) is 0 Å². The highest BCUT2D eigenvalue weighted by atomic mass is 16.0. The molecule has 0 saturated carbocycles. The van der Waals surface area contributed by atoms with E-state index >= 15 is 0 Å². The molecule has 0 radical (unpaired) electrons. The minimum Gasteiger partial charge on any atom is -0.412 e. The van der Waals surface area contributed by atoms with E-state index in [-0.39, 0.29) is 5.48 Å². The van der Waals surface area contributed by atoms with Crippen molar-refractivity contribution in [3.8, 4) is 0 Å². The van der Waals surface area contributed by atoms with E-state index in [1.165, 1.54) is 180 Å². The molecule has 0 heterocycles. The second kappa shape index (κ2) is 39.2. The van der Waals surface area contributed by atoms with Gasteiger partial charge in [0.05, 0.1) is 0 Å². The van der Waals surface area contributed by atoms with Gasteiger partial charge < -0.3 is 5.48 Å². The second-order valence-electron chi connectivity index (χ2n) is 10.5. The van der Waals surface area contributed by atoms with E-state index in [2.05, 4.69) is 27.7 Å². The smallest absolute Gasteiger partial charge is 0.0533 e. The van der Waals surface area contributed by atoms with Gasteiger partial charge in [-0.3, -0.25) is 0 Å². The Bertz CT molecular complexity index is 220. The predicted molar refractivity (Wildman–Crippen MR) is 156 cm³/mol. The van der Waals surface area contributed by atoms with Gasteiger partial charge in [-0.2, -0.15) is 0 Å². The molecule has 0 aromatic heterocycles. The van der Waals surface area contributed by atoms with Gasteiger partial charge in [0.2, 0.25) is 0 Å². The van der Waals surface area contributed by atoms with Crippen molar-refractivity contribution in [2.45, 2.75) is 207 Å². The average molecular weight is 471 g/mol. The Morgan fingerprint density at radius 1 is 0.182 bits per heavy atom. The topological polar surface area (TPSA) is 31.5 Å². The Balaban J connectivity index is -0.000000529. The summed E-state index contributed by atoms with van der Waals surface area (Å²) in [6, 6.07) is 0. The molecule has 0 saturated heterocycles. The molecule has 0 fully saturated rings. The minimum atomic E-state index is 0. The van der Waals surface area contributed by atoms with Crippen LogP contribution in [-0.4, -0.2) is 5.48 Å². The molecule has 204 valence electrons. The van der Waals surface area contributed by atoms with Gasteiger partial charge in [0.1, 0.15) is 0 Å². The Morgan fingerprint density at radius 3 is 0.364 bits per heavy atom. The van der Waals surface area contributed by atoms with Crippen LogP contribution in [0.3, 0.4) is 0 Å². The van der Waals surface area contributed by atoms with Crippen molar-refractivity contribution in [1.29, 1.82) is 0 Å². The van der Waals surface area contributed by atoms with Crippen molar-refractivity contribution in [3.05, 3.63) is 0 Å². The minimum absolute atomic E-state index is 0. The zero-order valence-corrected chi connectivity index (χ0v) is 24.3. The van der Waals surface area contributed by atoms with E-state index in [4.69, 9.17) is 0 Å². The molecule has 0 aliphatic heterocycles. The van der Waals surface area contributed by atoms with E-state index < -0.39 is 0 Å². The first-order valence-electron chi connectivity index (χ1n) is 15.8. The molecule has 0 rings (SSSR count). The molecule has 1 heteroatoms. The van der Waals surface area contributed by atoms with Gasteiger partial charge in [0.15, 0.2) is 0 Å². The largest absolute Gasteiger partial charge is 0.412 e. The maximum Gasteiger partial charge on any atom is -0.0533 e. The number of hydrogen-bond donors (Lipinski definition) is 0. The zero-order valence-electron chi connectivity index (χ0n) is 24.3. The Labute approximate surface area is 213 Å². The van der Waals surface area contributed by atoms with Gasteiger partial charge in [-0.25, -0.2) is 0 Å². The third-order valence-corrected chi connectivity index (χ3v) is 6.91. The number of rotatable bonds is 26. The zero-order chi connectivity index (χ0) is 23.8. The first kappa shape index (κ1) is 37.5. The number of unbranched alkanes of at least 4 members (excludes halogenated alkanes) is 26. The maximum absolute atomic E-state index is 2.29. The van der Waals surface area contributed by atoms with Crippen LogP contribution in [0.25, 0.3) is 0 Å². The van der Waals surface area contributed by atoms with Crippen molar-refractivity contribution < 1.29 is 5.48 Å².